The van der Waals surface area contributed by atoms with Gasteiger partial charge in [0.2, 0.25) is 0 Å². The minimum Gasteiger partial charge on any atom is -0.456 e. The molecule has 0 aromatic carbocycles. The molecule has 0 aromatic heterocycles. The Morgan fingerprint density at radius 3 is 2.60 bits per heavy atom. The molecule has 0 bridgehead atoms. The third-order valence-electron chi connectivity index (χ3n) is 0.584. The van der Waals surface area contributed by atoms with Crippen molar-refractivity contribution in [3.63, 3.8) is 0 Å². The molecule has 4 heteroatoms. The van der Waals surface area contributed by atoms with Gasteiger partial charge in [-0.05, 0) is 19.6 Å². The summed E-state index contributed by atoms with van der Waals surface area (Å²) < 4.78 is 5.09. The van der Waals surface area contributed by atoms with Crippen LogP contribution < -0.4 is 0 Å². The van der Waals surface area contributed by atoms with Gasteiger partial charge in [0.05, 0.1) is 18.7 Å². The molecular weight excluding hydrogens is 144 g/mol. The molecule has 0 N–H and O–H groups in total. The van der Waals surface area contributed by atoms with E-state index in [1.165, 1.54) is 6.21 Å². The molecule has 10 heavy (non-hydrogen) atoms. The molecule has 0 radical (unpaired) electrons. The topological polar surface area (TPSA) is 45.4 Å². The summed E-state index contributed by atoms with van der Waals surface area (Å²) in [5, 5.41) is 11.8. The number of hydrogen-bond donors (Lipinski definition) is 0. The molecule has 0 heterocycles. The summed E-state index contributed by atoms with van der Waals surface area (Å²) >= 11 is 0. The van der Waals surface area contributed by atoms with Crippen LogP contribution in [0.5, 0.6) is 0 Å². The third kappa shape index (κ3) is 7.18. The fourth-order valence-electron chi connectivity index (χ4n) is 0.273. The Bertz CT molecular complexity index is 154. The molecule has 0 spiro atoms. The van der Waals surface area contributed by atoms with Crippen molar-refractivity contribution in [2.45, 2.75) is 26.1 Å². The largest absolute Gasteiger partial charge is 0.456 e. The lowest BCUT2D eigenvalue weighted by Crippen LogP contribution is -2.22. The summed E-state index contributed by atoms with van der Waals surface area (Å²) in [4.78, 5) is 0. The van der Waals surface area contributed by atoms with E-state index in [-0.39, 0.29) is 0 Å². The summed E-state index contributed by atoms with van der Waals surface area (Å²) in [7, 11) is -1.51. The summed E-state index contributed by atoms with van der Waals surface area (Å²) in [6.45, 7) is 6.12. The maximum Gasteiger partial charge on any atom is 0.278 e. The fraction of sp³-hybridized carbons (Fsp3) is 0.667. The molecule has 0 aliphatic heterocycles. The van der Waals surface area contributed by atoms with Gasteiger partial charge in [-0.15, -0.1) is 5.16 Å². The normalized spacial score (nSPS) is 11.4. The van der Waals surface area contributed by atoms with Gasteiger partial charge in [-0.1, -0.05) is 0 Å². The highest BCUT2D eigenvalue weighted by Crippen LogP contribution is 2.01. The molecule has 0 unspecified atom stereocenters. The molecule has 0 aliphatic carbocycles. The van der Waals surface area contributed by atoms with Crippen LogP contribution >= 0.6 is 0 Å². The lowest BCUT2D eigenvalue weighted by Gasteiger charge is -2.11. The van der Waals surface area contributed by atoms with E-state index in [0.29, 0.717) is 6.42 Å². The van der Waals surface area contributed by atoms with Crippen LogP contribution in [0.25, 0.3) is 0 Å². The van der Waals surface area contributed by atoms with Crippen molar-refractivity contribution in [2.24, 2.45) is 5.16 Å². The molecule has 0 fully saturated rings. The quantitative estimate of drug-likeness (QED) is 0.355. The van der Waals surface area contributed by atoms with Crippen LogP contribution in [0.2, 0.25) is 19.6 Å². The first kappa shape index (κ1) is 9.18. The minimum atomic E-state index is -1.51. The van der Waals surface area contributed by atoms with Crippen LogP contribution in [0.15, 0.2) is 5.16 Å². The Morgan fingerprint density at radius 2 is 2.20 bits per heavy atom. The van der Waals surface area contributed by atoms with E-state index in [1.54, 1.807) is 0 Å². The lowest BCUT2D eigenvalue weighted by atomic mass is 10.5. The molecule has 56 valence electrons. The summed E-state index contributed by atoms with van der Waals surface area (Å²) in [6, 6.07) is 1.94. The van der Waals surface area contributed by atoms with Gasteiger partial charge in [0.1, 0.15) is 0 Å². The Labute approximate surface area is 62.4 Å². The number of nitrogens with zero attached hydrogens (tertiary/aromatic N) is 2. The Kier molecular flexibility index (Phi) is 3.73. The molecule has 0 saturated carbocycles. The second kappa shape index (κ2) is 4.07. The number of hydrogen-bond acceptors (Lipinski definition) is 3. The highest BCUT2D eigenvalue weighted by molar-refractivity contribution is 6.69. The van der Waals surface area contributed by atoms with Crippen molar-refractivity contribution in [1.82, 2.24) is 0 Å². The Morgan fingerprint density at radius 1 is 1.60 bits per heavy atom. The van der Waals surface area contributed by atoms with Crippen LogP contribution in [-0.2, 0) is 4.53 Å². The highest BCUT2D eigenvalue weighted by Gasteiger charge is 2.14. The SMILES string of the molecule is C[Si](C)(C)ON=CCC#N. The van der Waals surface area contributed by atoms with E-state index < -0.39 is 8.32 Å². The van der Waals surface area contributed by atoms with Gasteiger partial charge in [0.15, 0.2) is 0 Å². The third-order valence-corrected chi connectivity index (χ3v) is 1.24. The van der Waals surface area contributed by atoms with Gasteiger partial charge < -0.3 is 4.53 Å². The zero-order chi connectivity index (χ0) is 8.04. The Balaban J connectivity index is 3.46. The number of nitriles is 1. The molecular formula is C6H12N2OSi. The van der Waals surface area contributed by atoms with Crippen LogP contribution in [-0.4, -0.2) is 14.5 Å². The van der Waals surface area contributed by atoms with Gasteiger partial charge in [-0.25, -0.2) is 0 Å². The number of oxime groups is 1. The van der Waals surface area contributed by atoms with E-state index in [4.69, 9.17) is 9.79 Å². The van der Waals surface area contributed by atoms with Crippen LogP contribution in [0.4, 0.5) is 0 Å². The van der Waals surface area contributed by atoms with Crippen molar-refractivity contribution < 1.29 is 4.53 Å². The maximum atomic E-state index is 8.11. The summed E-state index contributed by atoms with van der Waals surface area (Å²) in [5.41, 5.74) is 0. The second-order valence-corrected chi connectivity index (χ2v) is 7.26. The van der Waals surface area contributed by atoms with E-state index in [1.807, 2.05) is 25.7 Å². The maximum absolute atomic E-state index is 8.11. The van der Waals surface area contributed by atoms with Crippen LogP contribution in [0.3, 0.4) is 0 Å². The second-order valence-electron chi connectivity index (χ2n) is 2.85. The van der Waals surface area contributed by atoms with E-state index in [9.17, 15) is 0 Å². The van der Waals surface area contributed by atoms with Gasteiger partial charge >= 0.3 is 0 Å². The van der Waals surface area contributed by atoms with E-state index in [0.717, 1.165) is 0 Å². The average molecular weight is 156 g/mol. The smallest absolute Gasteiger partial charge is 0.278 e. The fourth-order valence-corrected chi connectivity index (χ4v) is 0.664. The molecule has 3 nitrogen and oxygen atoms in total. The zero-order valence-electron chi connectivity index (χ0n) is 6.59. The number of rotatable bonds is 3. The van der Waals surface area contributed by atoms with Crippen molar-refractivity contribution in [2.75, 3.05) is 0 Å². The van der Waals surface area contributed by atoms with E-state index >= 15 is 0 Å². The molecule has 0 saturated heterocycles. The highest BCUT2D eigenvalue weighted by atomic mass is 28.4. The van der Waals surface area contributed by atoms with Crippen molar-refractivity contribution >= 4 is 14.5 Å². The lowest BCUT2D eigenvalue weighted by molar-refractivity contribution is 0.337. The van der Waals surface area contributed by atoms with Gasteiger partial charge in [0, 0.05) is 0 Å². The average Bonchev–Trinajstić information content (AvgIpc) is 1.78. The monoisotopic (exact) mass is 156 g/mol. The van der Waals surface area contributed by atoms with Crippen molar-refractivity contribution in [3.8, 4) is 6.07 Å². The first-order valence-electron chi connectivity index (χ1n) is 3.13. The van der Waals surface area contributed by atoms with Gasteiger partial charge in [-0.3, -0.25) is 0 Å². The first-order chi connectivity index (χ1) is 4.56. The molecule has 0 aliphatic rings. The Hall–Kier alpha value is -0.823. The summed E-state index contributed by atoms with van der Waals surface area (Å²) in [6.07, 6.45) is 1.81. The van der Waals surface area contributed by atoms with Gasteiger partial charge in [0.25, 0.3) is 8.32 Å². The molecule has 0 aromatic rings. The van der Waals surface area contributed by atoms with Gasteiger partial charge in [-0.2, -0.15) is 5.26 Å². The zero-order valence-corrected chi connectivity index (χ0v) is 7.59. The standard InChI is InChI=1S/C6H12N2OSi/c1-10(2,3)9-8-6-4-5-7/h6H,4H2,1-3H3. The van der Waals surface area contributed by atoms with Crippen molar-refractivity contribution in [3.05, 3.63) is 0 Å². The predicted octanol–water partition coefficient (Wildman–Crippen LogP) is 1.74. The van der Waals surface area contributed by atoms with E-state index in [2.05, 4.69) is 5.16 Å². The molecule has 0 atom stereocenters. The van der Waals surface area contributed by atoms with Crippen molar-refractivity contribution in [1.29, 1.82) is 5.26 Å². The van der Waals surface area contributed by atoms with Crippen LogP contribution in [0.1, 0.15) is 6.42 Å². The first-order valence-corrected chi connectivity index (χ1v) is 6.54. The minimum absolute atomic E-state index is 0.324. The molecule has 0 rings (SSSR count). The summed E-state index contributed by atoms with van der Waals surface area (Å²) in [5.74, 6) is 0. The molecule has 0 amide bonds. The van der Waals surface area contributed by atoms with Crippen LogP contribution in [0, 0.1) is 11.3 Å². The predicted molar refractivity (Wildman–Crippen MR) is 43.2 cm³/mol.